The van der Waals surface area contributed by atoms with Crippen LogP contribution in [-0.2, 0) is 6.54 Å². The largest absolute Gasteiger partial charge is 0.333 e. The van der Waals surface area contributed by atoms with E-state index in [0.717, 1.165) is 30.2 Å². The van der Waals surface area contributed by atoms with E-state index in [1.54, 1.807) is 0 Å². The zero-order valence-electron chi connectivity index (χ0n) is 23.5. The van der Waals surface area contributed by atoms with Crippen LogP contribution in [0.1, 0.15) is 84.1 Å². The highest BCUT2D eigenvalue weighted by Crippen LogP contribution is 2.72. The van der Waals surface area contributed by atoms with Crippen molar-refractivity contribution in [1.82, 2.24) is 9.78 Å². The van der Waals surface area contributed by atoms with Crippen LogP contribution in [0.5, 0.6) is 0 Å². The Bertz CT molecular complexity index is 969. The van der Waals surface area contributed by atoms with Crippen LogP contribution in [0.15, 0.2) is 37.2 Å². The highest BCUT2D eigenvalue weighted by molar-refractivity contribution is 8.00. The fourth-order valence-electron chi connectivity index (χ4n) is 9.58. The Kier molecular flexibility index (Phi) is 8.00. The highest BCUT2D eigenvalue weighted by atomic mass is 32.2. The van der Waals surface area contributed by atoms with Gasteiger partial charge in [-0.1, -0.05) is 33.4 Å². The Morgan fingerprint density at radius 1 is 1.11 bits per heavy atom. The molecule has 1 aromatic rings. The molecule has 4 aliphatic carbocycles. The zero-order chi connectivity index (χ0) is 26.5. The van der Waals surface area contributed by atoms with E-state index in [9.17, 15) is 0 Å². The molecule has 1 heterocycles. The number of hydrogen-bond donors (Lipinski definition) is 3. The second-order valence-corrected chi connectivity index (χ2v) is 15.1. The molecular formula is C31H51N3S2. The number of rotatable bonds is 5. The van der Waals surface area contributed by atoms with Gasteiger partial charge in [0.05, 0.1) is 16.8 Å². The van der Waals surface area contributed by atoms with Crippen LogP contribution >= 0.6 is 25.3 Å². The van der Waals surface area contributed by atoms with Gasteiger partial charge in [0, 0.05) is 6.20 Å². The lowest BCUT2D eigenvalue weighted by Crippen LogP contribution is -2.55. The summed E-state index contributed by atoms with van der Waals surface area (Å²) >= 11 is 9.75. The minimum Gasteiger partial charge on any atom is -0.333 e. The summed E-state index contributed by atoms with van der Waals surface area (Å²) in [7, 11) is 1.50. The van der Waals surface area contributed by atoms with Crippen LogP contribution in [-0.4, -0.2) is 20.9 Å². The van der Waals surface area contributed by atoms with Gasteiger partial charge in [0.1, 0.15) is 0 Å². The van der Waals surface area contributed by atoms with Gasteiger partial charge in [-0.05, 0) is 129 Å². The lowest BCUT2D eigenvalue weighted by molar-refractivity contribution is -0.125. The summed E-state index contributed by atoms with van der Waals surface area (Å²) in [4.78, 5) is 0. The first-order valence-electron chi connectivity index (χ1n) is 14.3. The number of thiol groups is 2. The minimum absolute atomic E-state index is 0.208. The van der Waals surface area contributed by atoms with Crippen LogP contribution in [0.3, 0.4) is 0 Å². The van der Waals surface area contributed by atoms with Gasteiger partial charge in [0.25, 0.3) is 0 Å². The smallest absolute Gasteiger partial charge is 0.0758 e. The van der Waals surface area contributed by atoms with E-state index in [4.69, 9.17) is 25.3 Å². The molecule has 202 valence electrons. The third-order valence-corrected chi connectivity index (χ3v) is 13.2. The molecule has 8 unspecified atom stereocenters. The lowest BCUT2D eigenvalue weighted by Gasteiger charge is -2.63. The zero-order valence-corrected chi connectivity index (χ0v) is 25.3. The average Bonchev–Trinajstić information content (AvgIpc) is 3.39. The van der Waals surface area contributed by atoms with E-state index in [2.05, 4.69) is 62.6 Å². The normalized spacial score (nSPS) is 41.8. The first-order valence-corrected chi connectivity index (χ1v) is 15.2. The minimum atomic E-state index is -0.329. The number of fused-ring (bicyclic) bond motifs is 5. The summed E-state index contributed by atoms with van der Waals surface area (Å²) in [6.07, 6.45) is 18.2. The van der Waals surface area contributed by atoms with Gasteiger partial charge in [0.15, 0.2) is 0 Å². The maximum atomic E-state index is 4.87. The van der Waals surface area contributed by atoms with Crippen molar-refractivity contribution in [3.05, 3.63) is 42.8 Å². The summed E-state index contributed by atoms with van der Waals surface area (Å²) in [5, 5.41) is 4.57. The molecule has 36 heavy (non-hydrogen) atoms. The van der Waals surface area contributed by atoms with Crippen LogP contribution < -0.4 is 5.73 Å². The molecule has 2 N–H and O–H groups in total. The maximum Gasteiger partial charge on any atom is 0.0758 e. The van der Waals surface area contributed by atoms with Crippen molar-refractivity contribution in [2.45, 2.75) is 96.1 Å². The van der Waals surface area contributed by atoms with Crippen molar-refractivity contribution < 1.29 is 0 Å². The van der Waals surface area contributed by atoms with Crippen molar-refractivity contribution in [2.75, 3.05) is 7.05 Å². The standard InChI is InChI=1S/C30H46N2S2.CH5N/c1-7-30(33,34)23-10-13-27(4)22(16-23)8-9-24-25(27)11-15-29(6)26(24)12-14-28(29,5)21(3)19-32-18-20(2)17-31-32;1-2/h7,17-18,22-26,33-34H,1,3,8-16,19H2,2,4-6H3;2H2,1H3. The van der Waals surface area contributed by atoms with Gasteiger partial charge in [-0.3, -0.25) is 4.68 Å². The first-order chi connectivity index (χ1) is 16.9. The Hall–Kier alpha value is -0.650. The lowest BCUT2D eigenvalue weighted by atomic mass is 9.42. The summed E-state index contributed by atoms with van der Waals surface area (Å²) in [6, 6.07) is 0. The molecule has 4 fully saturated rings. The van der Waals surface area contributed by atoms with Crippen LogP contribution in [0.4, 0.5) is 0 Å². The molecule has 0 radical (unpaired) electrons. The van der Waals surface area contributed by atoms with Crippen LogP contribution in [0, 0.1) is 52.8 Å². The van der Waals surface area contributed by atoms with Crippen molar-refractivity contribution in [3.8, 4) is 0 Å². The Morgan fingerprint density at radius 2 is 1.81 bits per heavy atom. The quantitative estimate of drug-likeness (QED) is 0.208. The highest BCUT2D eigenvalue weighted by Gasteiger charge is 2.64. The molecule has 5 rings (SSSR count). The maximum absolute atomic E-state index is 4.87. The molecule has 4 aliphatic rings. The number of aromatic nitrogens is 2. The Labute approximate surface area is 232 Å². The van der Waals surface area contributed by atoms with Crippen molar-refractivity contribution in [3.63, 3.8) is 0 Å². The second kappa shape index (κ2) is 10.2. The molecule has 1 aromatic heterocycles. The van der Waals surface area contributed by atoms with Crippen molar-refractivity contribution in [1.29, 1.82) is 0 Å². The van der Waals surface area contributed by atoms with Gasteiger partial charge in [-0.15, -0.1) is 6.58 Å². The molecule has 0 saturated heterocycles. The number of nitrogens with two attached hydrogens (primary N) is 1. The molecule has 5 heteroatoms. The van der Waals surface area contributed by atoms with E-state index in [0.29, 0.717) is 16.7 Å². The molecule has 0 bridgehead atoms. The molecular weight excluding hydrogens is 478 g/mol. The molecule has 3 nitrogen and oxygen atoms in total. The van der Waals surface area contributed by atoms with Gasteiger partial charge < -0.3 is 5.73 Å². The Balaban J connectivity index is 0.00000148. The van der Waals surface area contributed by atoms with E-state index in [1.807, 2.05) is 12.3 Å². The molecule has 0 aliphatic heterocycles. The fraction of sp³-hybridized carbons (Fsp3) is 0.774. The fourth-order valence-corrected chi connectivity index (χ4v) is 10.1. The van der Waals surface area contributed by atoms with E-state index in [1.165, 1.54) is 76.0 Å². The molecule has 4 saturated carbocycles. The van der Waals surface area contributed by atoms with E-state index < -0.39 is 0 Å². The molecule has 0 spiro atoms. The average molecular weight is 530 g/mol. The SMILES string of the molecule is C=CC(S)(S)C1CCC2(C)C(CCC3C2CCC2(C)C3CCC2(C)C(=C)Cn2cc(C)cn2)C1.CN. The van der Waals surface area contributed by atoms with Gasteiger partial charge in [-0.2, -0.15) is 30.4 Å². The second-order valence-electron chi connectivity index (χ2n) is 13.3. The number of hydrogen-bond acceptors (Lipinski definition) is 4. The molecule has 8 atom stereocenters. The monoisotopic (exact) mass is 529 g/mol. The van der Waals surface area contributed by atoms with Gasteiger partial charge in [0.2, 0.25) is 0 Å². The van der Waals surface area contributed by atoms with E-state index >= 15 is 0 Å². The third-order valence-electron chi connectivity index (χ3n) is 12.1. The summed E-state index contributed by atoms with van der Waals surface area (Å²) < 4.78 is 1.77. The molecule has 0 amide bonds. The third kappa shape index (κ3) is 4.37. The van der Waals surface area contributed by atoms with Gasteiger partial charge >= 0.3 is 0 Å². The topological polar surface area (TPSA) is 43.8 Å². The number of allylic oxidation sites excluding steroid dienone is 1. The summed E-state index contributed by atoms with van der Waals surface area (Å²) in [5.41, 5.74) is 8.18. The number of aryl methyl sites for hydroxylation is 1. The van der Waals surface area contributed by atoms with E-state index in [-0.39, 0.29) is 9.49 Å². The van der Waals surface area contributed by atoms with Crippen LogP contribution in [0.25, 0.3) is 0 Å². The predicted octanol–water partition coefficient (Wildman–Crippen LogP) is 7.73. The first kappa shape index (κ1) is 28.4. The van der Waals surface area contributed by atoms with Crippen LogP contribution in [0.2, 0.25) is 0 Å². The summed E-state index contributed by atoms with van der Waals surface area (Å²) in [5.74, 6) is 3.97. The predicted molar refractivity (Wildman–Crippen MR) is 160 cm³/mol. The Morgan fingerprint density at radius 3 is 2.44 bits per heavy atom. The number of nitrogens with zero attached hydrogens (tertiary/aromatic N) is 2. The van der Waals surface area contributed by atoms with Crippen molar-refractivity contribution >= 4 is 25.3 Å². The van der Waals surface area contributed by atoms with Gasteiger partial charge in [-0.25, -0.2) is 0 Å². The summed E-state index contributed by atoms with van der Waals surface area (Å²) in [6.45, 7) is 19.5. The molecule has 0 aromatic carbocycles. The van der Waals surface area contributed by atoms with Crippen molar-refractivity contribution in [2.24, 2.45) is 51.6 Å².